The molecule has 3 nitrogen and oxygen atoms in total. The number of carboxylic acid groups (broad SMARTS) is 1. The average Bonchev–Trinajstić information content (AvgIpc) is 1.87. The molecule has 3 heteroatoms. The third kappa shape index (κ3) is 5.56. The minimum atomic E-state index is -0.759. The Kier molecular flexibility index (Phi) is 4.94. The number of rotatable bonds is 5. The van der Waals surface area contributed by atoms with Crippen molar-refractivity contribution in [2.24, 2.45) is 5.92 Å². The van der Waals surface area contributed by atoms with E-state index >= 15 is 0 Å². The molecule has 0 unspecified atom stereocenters. The number of carbonyl (C=O) groups is 1. The smallest absolute Gasteiger partial charge is 0.303 e. The number of carboxylic acids is 1. The molecule has 10 heavy (non-hydrogen) atoms. The number of aliphatic carboxylic acids is 1. The van der Waals surface area contributed by atoms with Gasteiger partial charge in [0.05, 0.1) is 0 Å². The average molecular weight is 146 g/mol. The maximum atomic E-state index is 10.0. The topological polar surface area (TPSA) is 57.5 Å². The highest BCUT2D eigenvalue weighted by molar-refractivity contribution is 5.66. The molecule has 2 N–H and O–H groups in total. The molecule has 0 saturated carbocycles. The molecule has 0 aromatic heterocycles. The molecule has 0 rings (SSSR count). The molecule has 60 valence electrons. The van der Waals surface area contributed by atoms with Gasteiger partial charge in [-0.05, 0) is 18.8 Å². The third-order valence-corrected chi connectivity index (χ3v) is 1.40. The summed E-state index contributed by atoms with van der Waals surface area (Å²) in [7, 11) is 0. The monoisotopic (exact) mass is 146 g/mol. The summed E-state index contributed by atoms with van der Waals surface area (Å²) in [6.45, 7) is 2.06. The Balaban J connectivity index is 3.11. The summed E-state index contributed by atoms with van der Waals surface area (Å²) < 4.78 is 0. The van der Waals surface area contributed by atoms with Crippen molar-refractivity contribution in [3.05, 3.63) is 0 Å². The van der Waals surface area contributed by atoms with Gasteiger partial charge in [-0.1, -0.05) is 6.92 Å². The van der Waals surface area contributed by atoms with E-state index in [0.29, 0.717) is 6.42 Å². The normalized spacial score (nSPS) is 13.0. The predicted molar refractivity (Wildman–Crippen MR) is 37.7 cm³/mol. The highest BCUT2D eigenvalue weighted by Crippen LogP contribution is 2.05. The summed E-state index contributed by atoms with van der Waals surface area (Å²) in [5.74, 6) is -0.524. The van der Waals surface area contributed by atoms with Gasteiger partial charge in [-0.2, -0.15) is 0 Å². The van der Waals surface area contributed by atoms with Gasteiger partial charge in [0, 0.05) is 13.0 Å². The van der Waals surface area contributed by atoms with E-state index in [1.54, 1.807) is 0 Å². The molecular formula is C7H14O3. The summed E-state index contributed by atoms with van der Waals surface area (Å²) in [6, 6.07) is 0. The molecular weight excluding hydrogens is 132 g/mol. The van der Waals surface area contributed by atoms with E-state index in [1.807, 2.05) is 6.92 Å². The Labute approximate surface area is 60.7 Å². The predicted octanol–water partition coefficient (Wildman–Crippen LogP) is 0.870. The molecule has 0 spiro atoms. The lowest BCUT2D eigenvalue weighted by Crippen LogP contribution is -2.02. The van der Waals surface area contributed by atoms with E-state index in [2.05, 4.69) is 0 Å². The van der Waals surface area contributed by atoms with Gasteiger partial charge in [0.15, 0.2) is 0 Å². The van der Waals surface area contributed by atoms with Gasteiger partial charge in [0.2, 0.25) is 0 Å². The van der Waals surface area contributed by atoms with Crippen LogP contribution in [0.15, 0.2) is 0 Å². The first kappa shape index (κ1) is 9.43. The Bertz CT molecular complexity index is 101. The first-order valence-electron chi connectivity index (χ1n) is 3.49. The van der Waals surface area contributed by atoms with Gasteiger partial charge in [0.25, 0.3) is 0 Å². The highest BCUT2D eigenvalue weighted by Gasteiger charge is 2.01. The fourth-order valence-corrected chi connectivity index (χ4v) is 0.693. The lowest BCUT2D eigenvalue weighted by Gasteiger charge is -2.04. The third-order valence-electron chi connectivity index (χ3n) is 1.40. The maximum absolute atomic E-state index is 10.0. The number of aliphatic hydroxyl groups is 1. The van der Waals surface area contributed by atoms with Crippen LogP contribution in [0.3, 0.4) is 0 Å². The Morgan fingerprint density at radius 3 is 2.60 bits per heavy atom. The van der Waals surface area contributed by atoms with Gasteiger partial charge < -0.3 is 10.2 Å². The molecule has 0 bridgehead atoms. The molecule has 0 aromatic carbocycles. The van der Waals surface area contributed by atoms with Crippen LogP contribution in [-0.4, -0.2) is 22.8 Å². The Morgan fingerprint density at radius 2 is 2.20 bits per heavy atom. The van der Waals surface area contributed by atoms with Crippen LogP contribution >= 0.6 is 0 Å². The fraction of sp³-hybridized carbons (Fsp3) is 0.857. The first-order valence-corrected chi connectivity index (χ1v) is 3.49. The largest absolute Gasteiger partial charge is 0.481 e. The van der Waals surface area contributed by atoms with Crippen molar-refractivity contribution in [3.63, 3.8) is 0 Å². The van der Waals surface area contributed by atoms with Crippen LogP contribution < -0.4 is 0 Å². The van der Waals surface area contributed by atoms with Gasteiger partial charge in [0.1, 0.15) is 0 Å². The molecule has 0 fully saturated rings. The maximum Gasteiger partial charge on any atom is 0.303 e. The second-order valence-corrected chi connectivity index (χ2v) is 2.57. The molecule has 0 radical (unpaired) electrons. The number of hydrogen-bond donors (Lipinski definition) is 2. The van der Waals surface area contributed by atoms with Crippen molar-refractivity contribution >= 4 is 5.97 Å². The zero-order valence-electron chi connectivity index (χ0n) is 6.21. The Hall–Kier alpha value is -0.570. The van der Waals surface area contributed by atoms with E-state index in [4.69, 9.17) is 10.2 Å². The van der Waals surface area contributed by atoms with E-state index in [9.17, 15) is 4.79 Å². The van der Waals surface area contributed by atoms with Crippen LogP contribution in [0.2, 0.25) is 0 Å². The molecule has 0 aliphatic carbocycles. The number of hydrogen-bond acceptors (Lipinski definition) is 2. The Morgan fingerprint density at radius 1 is 1.60 bits per heavy atom. The van der Waals surface area contributed by atoms with Gasteiger partial charge in [-0.3, -0.25) is 4.79 Å². The molecule has 0 saturated heterocycles. The van der Waals surface area contributed by atoms with Crippen molar-refractivity contribution in [1.29, 1.82) is 0 Å². The molecule has 1 atom stereocenters. The SMILES string of the molecule is C[C@@H](CO)CCCC(=O)O. The lowest BCUT2D eigenvalue weighted by molar-refractivity contribution is -0.137. The summed E-state index contributed by atoms with van der Waals surface area (Å²) in [4.78, 5) is 10.0. The van der Waals surface area contributed by atoms with Crippen LogP contribution in [0, 0.1) is 5.92 Å². The lowest BCUT2D eigenvalue weighted by atomic mass is 10.1. The molecule has 0 amide bonds. The summed E-state index contributed by atoms with van der Waals surface area (Å²) in [5, 5.41) is 16.8. The molecule has 0 heterocycles. The van der Waals surface area contributed by atoms with Crippen molar-refractivity contribution in [1.82, 2.24) is 0 Å². The van der Waals surface area contributed by atoms with E-state index in [-0.39, 0.29) is 18.9 Å². The molecule has 0 aromatic rings. The zero-order chi connectivity index (χ0) is 7.98. The summed E-state index contributed by atoms with van der Waals surface area (Å²) >= 11 is 0. The highest BCUT2D eigenvalue weighted by atomic mass is 16.4. The molecule has 0 aliphatic rings. The quantitative estimate of drug-likeness (QED) is 0.605. The standard InChI is InChI=1S/C7H14O3/c1-6(5-8)3-2-4-7(9)10/h6,8H,2-5H2,1H3,(H,9,10)/t6-/m1/s1. The van der Waals surface area contributed by atoms with Gasteiger partial charge >= 0.3 is 5.97 Å². The van der Waals surface area contributed by atoms with Crippen LogP contribution in [0.25, 0.3) is 0 Å². The first-order chi connectivity index (χ1) is 4.66. The van der Waals surface area contributed by atoms with Crippen LogP contribution in [0.4, 0.5) is 0 Å². The van der Waals surface area contributed by atoms with Crippen LogP contribution in [-0.2, 0) is 4.79 Å². The van der Waals surface area contributed by atoms with E-state index < -0.39 is 5.97 Å². The van der Waals surface area contributed by atoms with Crippen molar-refractivity contribution in [2.75, 3.05) is 6.61 Å². The summed E-state index contributed by atoms with van der Waals surface area (Å²) in [6.07, 6.45) is 1.67. The minimum absolute atomic E-state index is 0.152. The summed E-state index contributed by atoms with van der Waals surface area (Å²) in [5.41, 5.74) is 0. The van der Waals surface area contributed by atoms with Gasteiger partial charge in [-0.25, -0.2) is 0 Å². The van der Waals surface area contributed by atoms with E-state index in [0.717, 1.165) is 6.42 Å². The number of aliphatic hydroxyl groups excluding tert-OH is 1. The van der Waals surface area contributed by atoms with Crippen LogP contribution in [0.1, 0.15) is 26.2 Å². The van der Waals surface area contributed by atoms with E-state index in [1.165, 1.54) is 0 Å². The second kappa shape index (κ2) is 5.23. The zero-order valence-corrected chi connectivity index (χ0v) is 6.21. The van der Waals surface area contributed by atoms with Crippen molar-refractivity contribution in [3.8, 4) is 0 Å². The van der Waals surface area contributed by atoms with Crippen molar-refractivity contribution in [2.45, 2.75) is 26.2 Å². The fourth-order valence-electron chi connectivity index (χ4n) is 0.693. The van der Waals surface area contributed by atoms with Gasteiger partial charge in [-0.15, -0.1) is 0 Å². The van der Waals surface area contributed by atoms with Crippen molar-refractivity contribution < 1.29 is 15.0 Å². The minimum Gasteiger partial charge on any atom is -0.481 e. The second-order valence-electron chi connectivity index (χ2n) is 2.57. The van der Waals surface area contributed by atoms with Crippen LogP contribution in [0.5, 0.6) is 0 Å². The molecule has 0 aliphatic heterocycles.